The molecule has 0 aromatic heterocycles. The van der Waals surface area contributed by atoms with E-state index in [1.54, 1.807) is 0 Å². The van der Waals surface area contributed by atoms with Crippen LogP contribution in [-0.4, -0.2) is 55.7 Å². The number of sulfone groups is 1. The lowest BCUT2D eigenvalue weighted by atomic mass is 9.90. The van der Waals surface area contributed by atoms with Crippen molar-refractivity contribution in [2.75, 3.05) is 13.1 Å². The van der Waals surface area contributed by atoms with Crippen LogP contribution in [0.5, 0.6) is 0 Å². The van der Waals surface area contributed by atoms with Gasteiger partial charge in [-0.1, -0.05) is 24.3 Å². The zero-order chi connectivity index (χ0) is 31.0. The topological polar surface area (TPSA) is 91.8 Å². The highest BCUT2D eigenvalue weighted by Gasteiger charge is 2.73. The fraction of sp³-hybridized carbons (Fsp3) is 0.481. The van der Waals surface area contributed by atoms with Crippen molar-refractivity contribution >= 4 is 21.7 Å². The molecular formula is C27H23F8NO5S. The third kappa shape index (κ3) is 4.45. The van der Waals surface area contributed by atoms with E-state index in [-0.39, 0.29) is 55.3 Å². The number of alkyl halides is 7. The number of fused-ring (bicyclic) bond motifs is 1. The molecule has 3 atom stereocenters. The lowest BCUT2D eigenvalue weighted by molar-refractivity contribution is -0.348. The summed E-state index contributed by atoms with van der Waals surface area (Å²) >= 11 is 0. The number of carboxylic acids is 1. The SMILES string of the molecule is O=C(O)C1CC2C(C1)C2C(=O)N1CC[C@](c2ccc(C(F)(C(F)(F)F)C(F)(F)F)cc2)(S(=O)(=O)c2ccc(F)cc2)C1. The fourth-order valence-electron chi connectivity index (χ4n) is 6.53. The van der Waals surface area contributed by atoms with Crippen molar-refractivity contribution in [1.29, 1.82) is 0 Å². The number of nitrogens with zero attached hydrogens (tertiary/aromatic N) is 1. The predicted octanol–water partition coefficient (Wildman–Crippen LogP) is 5.37. The summed E-state index contributed by atoms with van der Waals surface area (Å²) in [6.07, 6.45) is -12.5. The molecular weight excluding hydrogens is 602 g/mol. The Hall–Kier alpha value is -3.23. The average Bonchev–Trinajstić information content (AvgIpc) is 3.22. The van der Waals surface area contributed by atoms with Crippen LogP contribution in [0, 0.1) is 29.5 Å². The Bertz CT molecular complexity index is 1480. The van der Waals surface area contributed by atoms with Gasteiger partial charge in [-0.2, -0.15) is 26.3 Å². The quantitative estimate of drug-likeness (QED) is 0.344. The van der Waals surface area contributed by atoms with Gasteiger partial charge in [0.15, 0.2) is 9.84 Å². The van der Waals surface area contributed by atoms with Crippen LogP contribution in [0.4, 0.5) is 35.1 Å². The lowest BCUT2D eigenvalue weighted by Gasteiger charge is -2.32. The standard InChI is InChI=1S/C27H23F8NO5S/c28-17-5-7-18(8-6-17)42(40,41)24(15-1-3-16(4-2-15)25(29,26(30,31)32)27(33,34)35)9-10-36(13-24)22(37)21-19-11-14(23(38)39)12-20(19)21/h1-8,14,19-21H,9-13H2,(H,38,39)/t14?,19?,20?,21?,24-/m0/s1. The third-order valence-corrected chi connectivity index (χ3v) is 11.3. The highest BCUT2D eigenvalue weighted by Crippen LogP contribution is 2.61. The maximum absolute atomic E-state index is 14.6. The number of hydrogen-bond donors (Lipinski definition) is 1. The number of carboxylic acid groups (broad SMARTS) is 1. The van der Waals surface area contributed by atoms with E-state index in [2.05, 4.69) is 0 Å². The van der Waals surface area contributed by atoms with Crippen molar-refractivity contribution in [1.82, 2.24) is 4.90 Å². The van der Waals surface area contributed by atoms with Gasteiger partial charge < -0.3 is 10.0 Å². The van der Waals surface area contributed by atoms with Crippen LogP contribution < -0.4 is 0 Å². The molecule has 1 amide bonds. The Morgan fingerprint density at radius 2 is 1.38 bits per heavy atom. The second-order valence-corrected chi connectivity index (χ2v) is 13.3. The highest BCUT2D eigenvalue weighted by molar-refractivity contribution is 7.92. The minimum Gasteiger partial charge on any atom is -0.481 e. The largest absolute Gasteiger partial charge is 0.481 e. The Morgan fingerprint density at radius 1 is 0.857 bits per heavy atom. The summed E-state index contributed by atoms with van der Waals surface area (Å²) in [4.78, 5) is 25.5. The number of rotatable bonds is 6. The molecule has 0 radical (unpaired) electrons. The Morgan fingerprint density at radius 3 is 1.86 bits per heavy atom. The minimum atomic E-state index is -6.37. The van der Waals surface area contributed by atoms with Crippen LogP contribution in [0.1, 0.15) is 30.4 Å². The molecule has 15 heteroatoms. The molecule has 1 N–H and O–H groups in total. The Balaban J connectivity index is 1.52. The second-order valence-electron chi connectivity index (χ2n) is 11.1. The first-order valence-corrected chi connectivity index (χ1v) is 14.3. The number of hydrogen-bond acceptors (Lipinski definition) is 4. The third-order valence-electron chi connectivity index (χ3n) is 8.85. The molecule has 42 heavy (non-hydrogen) atoms. The second kappa shape index (κ2) is 9.64. The maximum atomic E-state index is 14.6. The summed E-state index contributed by atoms with van der Waals surface area (Å²) in [6.45, 7) is -0.667. The Labute approximate surface area is 234 Å². The number of likely N-dealkylation sites (tertiary alicyclic amines) is 1. The smallest absolute Gasteiger partial charge is 0.435 e. The molecule has 6 nitrogen and oxygen atoms in total. The number of amides is 1. The first kappa shape index (κ1) is 30.2. The minimum absolute atomic E-state index is 0.141. The first-order chi connectivity index (χ1) is 19.3. The zero-order valence-electron chi connectivity index (χ0n) is 21.4. The lowest BCUT2D eigenvalue weighted by Crippen LogP contribution is -2.50. The van der Waals surface area contributed by atoms with Gasteiger partial charge in [0.25, 0.3) is 0 Å². The van der Waals surface area contributed by atoms with Crippen molar-refractivity contribution in [3.05, 3.63) is 65.5 Å². The average molecular weight is 626 g/mol. The highest BCUT2D eigenvalue weighted by atomic mass is 32.2. The van der Waals surface area contributed by atoms with E-state index >= 15 is 0 Å². The molecule has 2 saturated carbocycles. The van der Waals surface area contributed by atoms with Crippen LogP contribution in [-0.2, 0) is 29.8 Å². The summed E-state index contributed by atoms with van der Waals surface area (Å²) in [5.41, 5.74) is -7.80. The fourth-order valence-corrected chi connectivity index (χ4v) is 8.61. The maximum Gasteiger partial charge on any atom is 0.435 e. The molecule has 2 aromatic rings. The molecule has 2 aromatic carbocycles. The van der Waals surface area contributed by atoms with Crippen molar-refractivity contribution in [3.63, 3.8) is 0 Å². The van der Waals surface area contributed by atoms with E-state index in [1.165, 1.54) is 4.90 Å². The number of carbonyl (C=O) groups excluding carboxylic acids is 1. The number of aliphatic carboxylic acids is 1. The molecule has 1 saturated heterocycles. The summed E-state index contributed by atoms with van der Waals surface area (Å²) in [6, 6.07) is 5.38. The van der Waals surface area contributed by atoms with Gasteiger partial charge in [0, 0.05) is 24.6 Å². The molecule has 228 valence electrons. The van der Waals surface area contributed by atoms with E-state index < -0.39 is 79.1 Å². The van der Waals surface area contributed by atoms with Gasteiger partial charge in [-0.3, -0.25) is 9.59 Å². The van der Waals surface area contributed by atoms with Gasteiger partial charge >= 0.3 is 24.0 Å². The van der Waals surface area contributed by atoms with Gasteiger partial charge in [-0.05, 0) is 60.9 Å². The monoisotopic (exact) mass is 625 g/mol. The Kier molecular flexibility index (Phi) is 6.94. The number of halogens is 8. The summed E-state index contributed by atoms with van der Waals surface area (Å²) in [7, 11) is -4.56. The van der Waals surface area contributed by atoms with Gasteiger partial charge in [0.1, 0.15) is 10.6 Å². The zero-order valence-corrected chi connectivity index (χ0v) is 22.2. The van der Waals surface area contributed by atoms with Gasteiger partial charge in [-0.15, -0.1) is 0 Å². The van der Waals surface area contributed by atoms with Crippen molar-refractivity contribution in [3.8, 4) is 0 Å². The first-order valence-electron chi connectivity index (χ1n) is 12.8. The van der Waals surface area contributed by atoms with Crippen molar-refractivity contribution in [2.45, 2.75) is 46.9 Å². The van der Waals surface area contributed by atoms with Gasteiger partial charge in [-0.25, -0.2) is 17.2 Å². The molecule has 0 spiro atoms. The predicted molar refractivity (Wildman–Crippen MR) is 129 cm³/mol. The van der Waals surface area contributed by atoms with E-state index in [1.807, 2.05) is 0 Å². The summed E-state index contributed by atoms with van der Waals surface area (Å²) < 4.78 is 134. The van der Waals surface area contributed by atoms with Crippen molar-refractivity contribution in [2.24, 2.45) is 23.7 Å². The molecule has 3 aliphatic rings. The van der Waals surface area contributed by atoms with Gasteiger partial charge in [0.05, 0.1) is 10.8 Å². The van der Waals surface area contributed by atoms with Crippen molar-refractivity contribution < 1.29 is 58.2 Å². The van der Waals surface area contributed by atoms with E-state index in [0.717, 1.165) is 24.3 Å². The molecule has 0 bridgehead atoms. The molecule has 2 unspecified atom stereocenters. The van der Waals surface area contributed by atoms with Crippen LogP contribution in [0.2, 0.25) is 0 Å². The normalized spacial score (nSPS) is 28.0. The number of benzene rings is 2. The van der Waals surface area contributed by atoms with E-state index in [9.17, 15) is 58.2 Å². The number of carbonyl (C=O) groups is 2. The van der Waals surface area contributed by atoms with E-state index in [4.69, 9.17) is 0 Å². The summed E-state index contributed by atoms with van der Waals surface area (Å²) in [5, 5.41) is 9.22. The molecule has 2 aliphatic carbocycles. The van der Waals surface area contributed by atoms with Crippen LogP contribution in [0.3, 0.4) is 0 Å². The van der Waals surface area contributed by atoms with Crippen LogP contribution in [0.15, 0.2) is 53.4 Å². The van der Waals surface area contributed by atoms with Crippen LogP contribution >= 0.6 is 0 Å². The molecule has 5 rings (SSSR count). The molecule has 1 heterocycles. The molecule has 3 fully saturated rings. The van der Waals surface area contributed by atoms with Gasteiger partial charge in [0.2, 0.25) is 5.91 Å². The van der Waals surface area contributed by atoms with E-state index in [0.29, 0.717) is 12.1 Å². The summed E-state index contributed by atoms with van der Waals surface area (Å²) in [5.74, 6) is -3.68. The molecule has 1 aliphatic heterocycles. The van der Waals surface area contributed by atoms with Crippen LogP contribution in [0.25, 0.3) is 0 Å².